The Labute approximate surface area is 160 Å². The maximum absolute atomic E-state index is 13.8. The highest BCUT2D eigenvalue weighted by molar-refractivity contribution is 5.64. The lowest BCUT2D eigenvalue weighted by Gasteiger charge is -2.21. The molecule has 0 spiro atoms. The monoisotopic (exact) mass is 364 g/mol. The lowest BCUT2D eigenvalue weighted by atomic mass is 10.1. The minimum Gasteiger partial charge on any atom is -0.357 e. The van der Waals surface area contributed by atoms with E-state index in [9.17, 15) is 4.39 Å². The SMILES string of the molecule is CCN(CC)c1cc(-c2ccccc2)nc(NCCc2ccccc2F)n1. The van der Waals surface area contributed by atoms with Gasteiger partial charge < -0.3 is 10.2 Å². The fraction of sp³-hybridized carbons (Fsp3) is 0.273. The van der Waals surface area contributed by atoms with E-state index in [4.69, 9.17) is 0 Å². The van der Waals surface area contributed by atoms with Gasteiger partial charge >= 0.3 is 0 Å². The van der Waals surface area contributed by atoms with Gasteiger partial charge in [-0.05, 0) is 31.9 Å². The van der Waals surface area contributed by atoms with Crippen molar-refractivity contribution >= 4 is 11.8 Å². The van der Waals surface area contributed by atoms with E-state index >= 15 is 0 Å². The Morgan fingerprint density at radius 1 is 0.926 bits per heavy atom. The first-order chi connectivity index (χ1) is 13.2. The Morgan fingerprint density at radius 2 is 1.63 bits per heavy atom. The average Bonchev–Trinajstić information content (AvgIpc) is 2.71. The molecule has 4 nitrogen and oxygen atoms in total. The minimum atomic E-state index is -0.179. The summed E-state index contributed by atoms with van der Waals surface area (Å²) in [4.78, 5) is 11.5. The molecule has 0 amide bonds. The summed E-state index contributed by atoms with van der Waals surface area (Å²) < 4.78 is 13.8. The van der Waals surface area contributed by atoms with Gasteiger partial charge in [0.25, 0.3) is 0 Å². The number of halogens is 1. The topological polar surface area (TPSA) is 41.1 Å². The van der Waals surface area contributed by atoms with Crippen molar-refractivity contribution in [2.45, 2.75) is 20.3 Å². The van der Waals surface area contributed by atoms with E-state index in [2.05, 4.69) is 34.0 Å². The van der Waals surface area contributed by atoms with Gasteiger partial charge in [0.1, 0.15) is 11.6 Å². The number of benzene rings is 2. The van der Waals surface area contributed by atoms with Gasteiger partial charge in [-0.25, -0.2) is 9.37 Å². The van der Waals surface area contributed by atoms with E-state index < -0.39 is 0 Å². The number of anilines is 2. The van der Waals surface area contributed by atoms with Crippen molar-refractivity contribution in [1.82, 2.24) is 9.97 Å². The Hall–Kier alpha value is -2.95. The van der Waals surface area contributed by atoms with Gasteiger partial charge in [0.05, 0.1) is 5.69 Å². The Balaban J connectivity index is 1.82. The third kappa shape index (κ3) is 4.82. The van der Waals surface area contributed by atoms with E-state index in [0.29, 0.717) is 24.5 Å². The molecule has 3 aromatic rings. The highest BCUT2D eigenvalue weighted by atomic mass is 19.1. The molecule has 3 rings (SSSR count). The van der Waals surface area contributed by atoms with Crippen molar-refractivity contribution < 1.29 is 4.39 Å². The molecule has 0 atom stereocenters. The molecule has 0 aliphatic carbocycles. The summed E-state index contributed by atoms with van der Waals surface area (Å²) in [7, 11) is 0. The third-order valence-corrected chi connectivity index (χ3v) is 4.50. The molecule has 5 heteroatoms. The largest absolute Gasteiger partial charge is 0.357 e. The maximum atomic E-state index is 13.8. The van der Waals surface area contributed by atoms with Gasteiger partial charge in [-0.2, -0.15) is 4.98 Å². The smallest absolute Gasteiger partial charge is 0.225 e. The molecule has 1 aromatic heterocycles. The van der Waals surface area contributed by atoms with Gasteiger partial charge in [-0.1, -0.05) is 48.5 Å². The molecule has 0 saturated carbocycles. The summed E-state index contributed by atoms with van der Waals surface area (Å²) in [6, 6.07) is 18.9. The van der Waals surface area contributed by atoms with E-state index in [1.807, 2.05) is 42.5 Å². The van der Waals surface area contributed by atoms with Crippen molar-refractivity contribution in [3.63, 3.8) is 0 Å². The van der Waals surface area contributed by atoms with Crippen LogP contribution in [0, 0.1) is 5.82 Å². The number of nitrogens with zero attached hydrogens (tertiary/aromatic N) is 3. The maximum Gasteiger partial charge on any atom is 0.225 e. The molecule has 0 aliphatic heterocycles. The first kappa shape index (κ1) is 18.8. The quantitative estimate of drug-likeness (QED) is 0.624. The predicted molar refractivity (Wildman–Crippen MR) is 110 cm³/mol. The predicted octanol–water partition coefficient (Wildman–Crippen LogP) is 4.78. The van der Waals surface area contributed by atoms with Crippen molar-refractivity contribution in [3.8, 4) is 11.3 Å². The molecule has 2 aromatic carbocycles. The Morgan fingerprint density at radius 3 is 2.33 bits per heavy atom. The van der Waals surface area contributed by atoms with Crippen molar-refractivity contribution in [1.29, 1.82) is 0 Å². The highest BCUT2D eigenvalue weighted by Gasteiger charge is 2.11. The molecular formula is C22H25FN4. The van der Waals surface area contributed by atoms with E-state index in [1.54, 1.807) is 12.1 Å². The summed E-state index contributed by atoms with van der Waals surface area (Å²) in [6.07, 6.45) is 0.576. The first-order valence-electron chi connectivity index (χ1n) is 9.38. The first-order valence-corrected chi connectivity index (χ1v) is 9.38. The van der Waals surface area contributed by atoms with Crippen LogP contribution in [0.5, 0.6) is 0 Å². The summed E-state index contributed by atoms with van der Waals surface area (Å²) in [6.45, 7) is 6.53. The molecule has 0 bridgehead atoms. The van der Waals surface area contributed by atoms with Gasteiger partial charge in [0.15, 0.2) is 0 Å². The number of aromatic nitrogens is 2. The fourth-order valence-corrected chi connectivity index (χ4v) is 2.99. The molecule has 0 fully saturated rings. The van der Waals surface area contributed by atoms with Gasteiger partial charge in [-0.3, -0.25) is 0 Å². The van der Waals surface area contributed by atoms with E-state index in [0.717, 1.165) is 30.2 Å². The average molecular weight is 364 g/mol. The second kappa shape index (κ2) is 9.12. The third-order valence-electron chi connectivity index (χ3n) is 4.50. The number of rotatable bonds is 8. The van der Waals surface area contributed by atoms with Crippen LogP contribution < -0.4 is 10.2 Å². The van der Waals surface area contributed by atoms with E-state index in [-0.39, 0.29) is 5.82 Å². The molecule has 1 heterocycles. The van der Waals surface area contributed by atoms with Crippen molar-refractivity contribution in [2.75, 3.05) is 29.9 Å². The van der Waals surface area contributed by atoms with Crippen LogP contribution in [0.1, 0.15) is 19.4 Å². The molecule has 0 radical (unpaired) electrons. The van der Waals surface area contributed by atoms with Crippen molar-refractivity contribution in [2.24, 2.45) is 0 Å². The second-order valence-corrected chi connectivity index (χ2v) is 6.24. The molecule has 0 aliphatic rings. The number of nitrogens with one attached hydrogen (secondary N) is 1. The van der Waals surface area contributed by atoms with Crippen LogP contribution in [0.3, 0.4) is 0 Å². The van der Waals surface area contributed by atoms with Crippen LogP contribution in [-0.2, 0) is 6.42 Å². The molecular weight excluding hydrogens is 339 g/mol. The van der Waals surface area contributed by atoms with Gasteiger partial charge in [-0.15, -0.1) is 0 Å². The van der Waals surface area contributed by atoms with E-state index in [1.165, 1.54) is 6.07 Å². The van der Waals surface area contributed by atoms with Crippen LogP contribution >= 0.6 is 0 Å². The normalized spacial score (nSPS) is 10.6. The fourth-order valence-electron chi connectivity index (χ4n) is 2.99. The molecule has 27 heavy (non-hydrogen) atoms. The van der Waals surface area contributed by atoms with Gasteiger partial charge in [0, 0.05) is 31.3 Å². The lowest BCUT2D eigenvalue weighted by molar-refractivity contribution is 0.610. The summed E-state index contributed by atoms with van der Waals surface area (Å²) in [5.74, 6) is 1.28. The van der Waals surface area contributed by atoms with Crippen molar-refractivity contribution in [3.05, 3.63) is 72.0 Å². The van der Waals surface area contributed by atoms with Crippen LogP contribution in [-0.4, -0.2) is 29.6 Å². The highest BCUT2D eigenvalue weighted by Crippen LogP contribution is 2.23. The molecule has 1 N–H and O–H groups in total. The Kier molecular flexibility index (Phi) is 6.36. The summed E-state index contributed by atoms with van der Waals surface area (Å²) in [5, 5.41) is 3.26. The molecule has 0 unspecified atom stereocenters. The lowest BCUT2D eigenvalue weighted by Crippen LogP contribution is -2.23. The number of hydrogen-bond acceptors (Lipinski definition) is 4. The molecule has 0 saturated heterocycles. The Bertz CT molecular complexity index is 863. The van der Waals surface area contributed by atoms with Crippen LogP contribution in [0.2, 0.25) is 0 Å². The molecule has 140 valence electrons. The number of hydrogen-bond donors (Lipinski definition) is 1. The standard InChI is InChI=1S/C22H25FN4/c1-3-27(4-2)21-16-20(18-11-6-5-7-12-18)25-22(26-21)24-15-14-17-10-8-9-13-19(17)23/h5-13,16H,3-4,14-15H2,1-2H3,(H,24,25,26). The summed E-state index contributed by atoms with van der Waals surface area (Å²) in [5.41, 5.74) is 2.61. The zero-order valence-electron chi connectivity index (χ0n) is 15.8. The minimum absolute atomic E-state index is 0.179. The van der Waals surface area contributed by atoms with Crippen LogP contribution in [0.4, 0.5) is 16.2 Å². The van der Waals surface area contributed by atoms with Crippen LogP contribution in [0.15, 0.2) is 60.7 Å². The van der Waals surface area contributed by atoms with Gasteiger partial charge in [0.2, 0.25) is 5.95 Å². The zero-order chi connectivity index (χ0) is 19.1. The second-order valence-electron chi connectivity index (χ2n) is 6.24. The van der Waals surface area contributed by atoms with Crippen LogP contribution in [0.25, 0.3) is 11.3 Å². The zero-order valence-corrected chi connectivity index (χ0v) is 15.8. The summed E-state index contributed by atoms with van der Waals surface area (Å²) >= 11 is 0.